The van der Waals surface area contributed by atoms with Crippen LogP contribution in [0.5, 0.6) is 5.75 Å². The minimum absolute atomic E-state index is 0.0309. The van der Waals surface area contributed by atoms with Crippen molar-refractivity contribution >= 4 is 46.1 Å². The van der Waals surface area contributed by atoms with Crippen LogP contribution in [0.3, 0.4) is 0 Å². The van der Waals surface area contributed by atoms with E-state index in [0.29, 0.717) is 48.1 Å². The molecule has 2 fully saturated rings. The molecule has 39 heavy (non-hydrogen) atoms. The average molecular weight is 549 g/mol. The standard InChI is InChI=1S/C29H29ClN4O5/c1-15-20-12-24(39-2)21(30)13-22(20)31-26(15)29(38)33-9-7-16(8-10-33)17-3-4-19-18(11-17)14-34(28(19)37)23-5-6-25(35)32-27(23)36/h3-4,11-13,16,23,31H,5-10,14H2,1-2H3,(H,32,35,36). The maximum atomic E-state index is 13.4. The maximum Gasteiger partial charge on any atom is 0.270 e. The third-order valence-electron chi connectivity index (χ3n) is 8.35. The van der Waals surface area contributed by atoms with Crippen LogP contribution in [0.15, 0.2) is 30.3 Å². The summed E-state index contributed by atoms with van der Waals surface area (Å²) in [5.41, 5.74) is 4.90. The molecule has 4 amide bonds. The summed E-state index contributed by atoms with van der Waals surface area (Å²) in [5, 5.41) is 3.74. The molecular formula is C29H29ClN4O5. The van der Waals surface area contributed by atoms with Gasteiger partial charge in [-0.2, -0.15) is 0 Å². The number of fused-ring (bicyclic) bond motifs is 2. The SMILES string of the molecule is COc1cc2c(C)c(C(=O)N3CCC(c4ccc5c(c4)CN(C4CCC(=O)NC4=O)C5=O)CC3)[nH]c2cc1Cl. The first-order chi connectivity index (χ1) is 18.7. The minimum atomic E-state index is -0.620. The predicted molar refractivity (Wildman–Crippen MR) is 145 cm³/mol. The Morgan fingerprint density at radius 2 is 1.85 bits per heavy atom. The van der Waals surface area contributed by atoms with E-state index >= 15 is 0 Å². The molecule has 0 aliphatic carbocycles. The Kier molecular flexibility index (Phi) is 6.33. The Labute approximate surface area is 230 Å². The summed E-state index contributed by atoms with van der Waals surface area (Å²) >= 11 is 6.28. The molecule has 2 aromatic carbocycles. The molecule has 0 radical (unpaired) electrons. The molecule has 2 saturated heterocycles. The Bertz CT molecular complexity index is 1540. The quantitative estimate of drug-likeness (QED) is 0.480. The van der Waals surface area contributed by atoms with E-state index in [-0.39, 0.29) is 30.1 Å². The highest BCUT2D eigenvalue weighted by molar-refractivity contribution is 6.33. The number of imide groups is 1. The number of amides is 4. The number of carbonyl (C=O) groups is 4. The molecule has 3 aliphatic rings. The number of benzene rings is 2. The first kappa shape index (κ1) is 25.4. The van der Waals surface area contributed by atoms with Crippen molar-refractivity contribution in [3.05, 3.63) is 63.3 Å². The summed E-state index contributed by atoms with van der Waals surface area (Å²) in [6, 6.07) is 8.93. The van der Waals surface area contributed by atoms with Gasteiger partial charge in [0.05, 0.1) is 12.1 Å². The molecule has 9 nitrogen and oxygen atoms in total. The predicted octanol–water partition coefficient (Wildman–Crippen LogP) is 3.92. The molecule has 4 heterocycles. The molecular weight excluding hydrogens is 520 g/mol. The highest BCUT2D eigenvalue weighted by Crippen LogP contribution is 2.36. The van der Waals surface area contributed by atoms with E-state index in [2.05, 4.69) is 16.4 Å². The second-order valence-electron chi connectivity index (χ2n) is 10.5. The topological polar surface area (TPSA) is 112 Å². The van der Waals surface area contributed by atoms with Crippen molar-refractivity contribution in [1.82, 2.24) is 20.1 Å². The van der Waals surface area contributed by atoms with Gasteiger partial charge in [0.2, 0.25) is 11.8 Å². The fraction of sp³-hybridized carbons (Fsp3) is 0.379. The summed E-state index contributed by atoms with van der Waals surface area (Å²) in [6.45, 7) is 3.54. The van der Waals surface area contributed by atoms with E-state index in [1.807, 2.05) is 30.0 Å². The molecule has 0 bridgehead atoms. The van der Waals surface area contributed by atoms with E-state index in [0.717, 1.165) is 40.4 Å². The molecule has 2 N–H and O–H groups in total. The van der Waals surface area contributed by atoms with Gasteiger partial charge in [0.1, 0.15) is 17.5 Å². The van der Waals surface area contributed by atoms with Gasteiger partial charge < -0.3 is 19.5 Å². The molecule has 3 aromatic rings. The second kappa shape index (κ2) is 9.72. The highest BCUT2D eigenvalue weighted by atomic mass is 35.5. The van der Waals surface area contributed by atoms with Crippen LogP contribution in [0.25, 0.3) is 10.9 Å². The van der Waals surface area contributed by atoms with Crippen molar-refractivity contribution in [2.45, 2.75) is 51.1 Å². The monoisotopic (exact) mass is 548 g/mol. The molecule has 0 spiro atoms. The van der Waals surface area contributed by atoms with Gasteiger partial charge in [-0.05, 0) is 67.0 Å². The fourth-order valence-electron chi connectivity index (χ4n) is 6.12. The zero-order valence-corrected chi connectivity index (χ0v) is 22.6. The van der Waals surface area contributed by atoms with E-state index in [9.17, 15) is 19.2 Å². The van der Waals surface area contributed by atoms with Gasteiger partial charge in [-0.1, -0.05) is 23.7 Å². The van der Waals surface area contributed by atoms with Gasteiger partial charge in [-0.3, -0.25) is 24.5 Å². The summed E-state index contributed by atoms with van der Waals surface area (Å²) < 4.78 is 5.33. The number of nitrogens with one attached hydrogen (secondary N) is 2. The Hall–Kier alpha value is -3.85. The van der Waals surface area contributed by atoms with Crippen LogP contribution >= 0.6 is 11.6 Å². The molecule has 6 rings (SSSR count). The van der Waals surface area contributed by atoms with Crippen LogP contribution in [0.4, 0.5) is 0 Å². The molecule has 3 aliphatic heterocycles. The highest BCUT2D eigenvalue weighted by Gasteiger charge is 2.39. The van der Waals surface area contributed by atoms with E-state index in [1.165, 1.54) is 0 Å². The van der Waals surface area contributed by atoms with Crippen molar-refractivity contribution in [2.75, 3.05) is 20.2 Å². The maximum absolute atomic E-state index is 13.4. The lowest BCUT2D eigenvalue weighted by Gasteiger charge is -2.32. The molecule has 1 atom stereocenters. The molecule has 0 saturated carbocycles. The van der Waals surface area contributed by atoms with Crippen molar-refractivity contribution in [1.29, 1.82) is 0 Å². The number of aromatic amines is 1. The summed E-state index contributed by atoms with van der Waals surface area (Å²) in [5.74, 6) is -0.0574. The number of H-pyrrole nitrogens is 1. The van der Waals surface area contributed by atoms with Crippen LogP contribution in [-0.4, -0.2) is 64.7 Å². The fourth-order valence-corrected chi connectivity index (χ4v) is 6.36. The molecule has 1 aromatic heterocycles. The lowest BCUT2D eigenvalue weighted by Crippen LogP contribution is -2.52. The number of aromatic nitrogens is 1. The van der Waals surface area contributed by atoms with Gasteiger partial charge in [0.25, 0.3) is 11.8 Å². The number of ether oxygens (including phenoxy) is 1. The number of rotatable bonds is 4. The van der Waals surface area contributed by atoms with E-state index in [1.54, 1.807) is 18.1 Å². The van der Waals surface area contributed by atoms with Crippen molar-refractivity contribution < 1.29 is 23.9 Å². The van der Waals surface area contributed by atoms with Crippen LogP contribution in [0.2, 0.25) is 5.02 Å². The number of hydrogen-bond donors (Lipinski definition) is 2. The Morgan fingerprint density at radius 1 is 1.08 bits per heavy atom. The van der Waals surface area contributed by atoms with Crippen LogP contribution < -0.4 is 10.1 Å². The minimum Gasteiger partial charge on any atom is -0.495 e. The first-order valence-electron chi connectivity index (χ1n) is 13.2. The molecule has 1 unspecified atom stereocenters. The van der Waals surface area contributed by atoms with Gasteiger partial charge >= 0.3 is 0 Å². The average Bonchev–Trinajstić information content (AvgIpc) is 3.43. The van der Waals surface area contributed by atoms with Gasteiger partial charge in [0, 0.05) is 42.5 Å². The van der Waals surface area contributed by atoms with Crippen LogP contribution in [0, 0.1) is 6.92 Å². The number of hydrogen-bond acceptors (Lipinski definition) is 5. The van der Waals surface area contributed by atoms with Crippen molar-refractivity contribution in [2.24, 2.45) is 0 Å². The van der Waals surface area contributed by atoms with E-state index in [4.69, 9.17) is 16.3 Å². The molecule has 202 valence electrons. The lowest BCUT2D eigenvalue weighted by atomic mass is 9.87. The van der Waals surface area contributed by atoms with Crippen LogP contribution in [0.1, 0.15) is 69.1 Å². The second-order valence-corrected chi connectivity index (χ2v) is 10.9. The molecule has 10 heteroatoms. The number of halogens is 1. The third kappa shape index (κ3) is 4.34. The zero-order chi connectivity index (χ0) is 27.4. The zero-order valence-electron chi connectivity index (χ0n) is 21.8. The van der Waals surface area contributed by atoms with Crippen molar-refractivity contribution in [3.63, 3.8) is 0 Å². The first-order valence-corrected chi connectivity index (χ1v) is 13.6. The summed E-state index contributed by atoms with van der Waals surface area (Å²) in [6.07, 6.45) is 2.21. The number of aryl methyl sites for hydroxylation is 1. The van der Waals surface area contributed by atoms with Gasteiger partial charge in [-0.25, -0.2) is 0 Å². The Morgan fingerprint density at radius 3 is 2.56 bits per heavy atom. The number of piperidine rings is 2. The van der Waals surface area contributed by atoms with Gasteiger partial charge in [0.15, 0.2) is 0 Å². The normalized spacial score (nSPS) is 20.0. The third-order valence-corrected chi connectivity index (χ3v) is 8.64. The van der Waals surface area contributed by atoms with Gasteiger partial charge in [-0.15, -0.1) is 0 Å². The smallest absolute Gasteiger partial charge is 0.270 e. The number of likely N-dealkylation sites (tertiary alicyclic amines) is 1. The number of carbonyl (C=O) groups excluding carboxylic acids is 4. The Balaban J connectivity index is 1.14. The largest absolute Gasteiger partial charge is 0.495 e. The van der Waals surface area contributed by atoms with E-state index < -0.39 is 11.9 Å². The summed E-state index contributed by atoms with van der Waals surface area (Å²) in [7, 11) is 1.57. The van der Waals surface area contributed by atoms with Crippen molar-refractivity contribution in [3.8, 4) is 5.75 Å². The number of nitrogens with zero attached hydrogens (tertiary/aromatic N) is 2. The summed E-state index contributed by atoms with van der Waals surface area (Å²) in [4.78, 5) is 57.0. The number of methoxy groups -OCH3 is 1. The lowest BCUT2D eigenvalue weighted by molar-refractivity contribution is -0.136. The van der Waals surface area contributed by atoms with Crippen LogP contribution in [-0.2, 0) is 16.1 Å².